The Balaban J connectivity index is 1.54. The van der Waals surface area contributed by atoms with Crippen molar-refractivity contribution < 1.29 is 19.0 Å². The summed E-state index contributed by atoms with van der Waals surface area (Å²) < 4.78 is 17.3. The van der Waals surface area contributed by atoms with Gasteiger partial charge in [-0.25, -0.2) is 9.78 Å². The Morgan fingerprint density at radius 2 is 2.00 bits per heavy atom. The molecule has 0 aliphatic carbocycles. The smallest absolute Gasteiger partial charge is 0.410 e. The Hall–Kier alpha value is -2.38. The van der Waals surface area contributed by atoms with Crippen LogP contribution >= 0.6 is 0 Å². The maximum absolute atomic E-state index is 12.5. The van der Waals surface area contributed by atoms with Gasteiger partial charge >= 0.3 is 6.09 Å². The molecular weight excluding hydrogens is 394 g/mol. The third-order valence-electron chi connectivity index (χ3n) is 5.07. The van der Waals surface area contributed by atoms with Crippen LogP contribution in [0.2, 0.25) is 0 Å². The molecule has 0 radical (unpaired) electrons. The van der Waals surface area contributed by atoms with Crippen LogP contribution in [0.15, 0.2) is 36.5 Å². The van der Waals surface area contributed by atoms with E-state index >= 15 is 0 Å². The molecule has 31 heavy (non-hydrogen) atoms. The van der Waals surface area contributed by atoms with E-state index in [1.807, 2.05) is 45.0 Å². The molecule has 2 aromatic rings. The summed E-state index contributed by atoms with van der Waals surface area (Å²) in [5.74, 6) is 0.812. The van der Waals surface area contributed by atoms with Crippen molar-refractivity contribution in [2.24, 2.45) is 5.92 Å². The summed E-state index contributed by atoms with van der Waals surface area (Å²) in [5, 5.41) is 5.68. The minimum atomic E-state index is -0.507. The number of carbonyl (C=O) groups excluding carboxylic acids is 1. The number of ether oxygens (including phenoxy) is 3. The van der Waals surface area contributed by atoms with E-state index in [2.05, 4.69) is 30.2 Å². The SMILES string of the molecule is CC(C)(COc1nccc2ccccc12)NCC1COCCN(C(=O)OC(C)(C)C)C1. The quantitative estimate of drug-likeness (QED) is 0.752. The number of carbonyl (C=O) groups is 1. The Kier molecular flexibility index (Phi) is 7.38. The maximum atomic E-state index is 12.5. The van der Waals surface area contributed by atoms with Crippen molar-refractivity contribution in [3.05, 3.63) is 36.5 Å². The zero-order valence-corrected chi connectivity index (χ0v) is 19.3. The Morgan fingerprint density at radius 3 is 2.77 bits per heavy atom. The molecule has 3 rings (SSSR count). The molecule has 0 spiro atoms. The predicted octanol–water partition coefficient (Wildman–Crippen LogP) is 3.87. The molecule has 7 heteroatoms. The molecular formula is C24H35N3O4. The first-order chi connectivity index (χ1) is 14.6. The largest absolute Gasteiger partial charge is 0.475 e. The molecule has 2 heterocycles. The first-order valence-corrected chi connectivity index (χ1v) is 10.9. The number of fused-ring (bicyclic) bond motifs is 1. The van der Waals surface area contributed by atoms with Gasteiger partial charge in [-0.1, -0.05) is 18.2 Å². The van der Waals surface area contributed by atoms with Crippen molar-refractivity contribution in [1.82, 2.24) is 15.2 Å². The van der Waals surface area contributed by atoms with Crippen molar-refractivity contribution in [1.29, 1.82) is 0 Å². The zero-order chi connectivity index (χ0) is 22.5. The van der Waals surface area contributed by atoms with Gasteiger partial charge in [-0.15, -0.1) is 0 Å². The number of hydrogen-bond donors (Lipinski definition) is 1. The molecule has 1 aliphatic heterocycles. The normalized spacial score (nSPS) is 18.0. The molecule has 1 amide bonds. The molecule has 1 saturated heterocycles. The molecule has 0 bridgehead atoms. The Morgan fingerprint density at radius 1 is 1.23 bits per heavy atom. The van der Waals surface area contributed by atoms with E-state index in [4.69, 9.17) is 14.2 Å². The van der Waals surface area contributed by atoms with E-state index < -0.39 is 5.60 Å². The lowest BCUT2D eigenvalue weighted by molar-refractivity contribution is 0.0232. The fourth-order valence-electron chi connectivity index (χ4n) is 3.42. The van der Waals surface area contributed by atoms with E-state index in [1.165, 1.54) is 0 Å². The molecule has 1 atom stereocenters. The number of benzene rings is 1. The van der Waals surface area contributed by atoms with Crippen molar-refractivity contribution >= 4 is 16.9 Å². The maximum Gasteiger partial charge on any atom is 0.410 e. The van der Waals surface area contributed by atoms with Gasteiger partial charge < -0.3 is 24.4 Å². The summed E-state index contributed by atoms with van der Waals surface area (Å²) in [6.07, 6.45) is 1.49. The van der Waals surface area contributed by atoms with E-state index in [0.717, 1.165) is 10.8 Å². The number of nitrogens with zero attached hydrogens (tertiary/aromatic N) is 2. The molecule has 0 saturated carbocycles. The second-order valence-corrected chi connectivity index (χ2v) is 9.76. The highest BCUT2D eigenvalue weighted by Crippen LogP contribution is 2.23. The highest BCUT2D eigenvalue weighted by atomic mass is 16.6. The van der Waals surface area contributed by atoms with Gasteiger partial charge in [-0.2, -0.15) is 0 Å². The fourth-order valence-corrected chi connectivity index (χ4v) is 3.42. The number of nitrogens with one attached hydrogen (secondary N) is 1. The lowest BCUT2D eigenvalue weighted by Gasteiger charge is -2.31. The summed E-state index contributed by atoms with van der Waals surface area (Å²) in [5.41, 5.74) is -0.783. The minimum absolute atomic E-state index is 0.171. The molecule has 7 nitrogen and oxygen atoms in total. The van der Waals surface area contributed by atoms with Gasteiger partial charge in [0.2, 0.25) is 5.88 Å². The van der Waals surface area contributed by atoms with Gasteiger partial charge in [0.1, 0.15) is 12.2 Å². The molecule has 1 N–H and O–H groups in total. The first-order valence-electron chi connectivity index (χ1n) is 10.9. The summed E-state index contributed by atoms with van der Waals surface area (Å²) >= 11 is 0. The number of amides is 1. The Bertz CT molecular complexity index is 873. The van der Waals surface area contributed by atoms with E-state index in [1.54, 1.807) is 11.1 Å². The number of aromatic nitrogens is 1. The summed E-state index contributed by atoms with van der Waals surface area (Å²) in [4.78, 5) is 18.6. The lowest BCUT2D eigenvalue weighted by Crippen LogP contribution is -2.49. The summed E-state index contributed by atoms with van der Waals surface area (Å²) in [6, 6.07) is 10.0. The predicted molar refractivity (Wildman–Crippen MR) is 121 cm³/mol. The molecule has 1 fully saturated rings. The average Bonchev–Trinajstić information content (AvgIpc) is 2.96. The van der Waals surface area contributed by atoms with Gasteiger partial charge in [0.05, 0.1) is 13.2 Å². The van der Waals surface area contributed by atoms with Crippen LogP contribution in [-0.4, -0.2) is 66.6 Å². The highest BCUT2D eigenvalue weighted by Gasteiger charge is 2.28. The number of pyridine rings is 1. The molecule has 1 aliphatic rings. The van der Waals surface area contributed by atoms with E-state index in [0.29, 0.717) is 45.3 Å². The molecule has 1 aromatic heterocycles. The third kappa shape index (κ3) is 7.08. The van der Waals surface area contributed by atoms with Crippen LogP contribution in [0.5, 0.6) is 5.88 Å². The van der Waals surface area contributed by atoms with Crippen LogP contribution in [0.1, 0.15) is 34.6 Å². The van der Waals surface area contributed by atoms with Gasteiger partial charge in [-0.05, 0) is 52.1 Å². The summed E-state index contributed by atoms with van der Waals surface area (Å²) in [7, 11) is 0. The van der Waals surface area contributed by atoms with Crippen LogP contribution in [-0.2, 0) is 9.47 Å². The standard InChI is InChI=1S/C24H35N3O4/c1-23(2,3)31-22(28)27-12-13-29-16-18(15-27)14-26-24(4,5)17-30-21-20-9-7-6-8-19(20)10-11-25-21/h6-11,18,26H,12-17H2,1-5H3. The van der Waals surface area contributed by atoms with Crippen LogP contribution in [0, 0.1) is 5.92 Å². The van der Waals surface area contributed by atoms with Gasteiger partial charge in [-0.3, -0.25) is 0 Å². The topological polar surface area (TPSA) is 72.9 Å². The Labute approximate surface area is 185 Å². The van der Waals surface area contributed by atoms with Gasteiger partial charge in [0, 0.05) is 42.7 Å². The van der Waals surface area contributed by atoms with Crippen LogP contribution < -0.4 is 10.1 Å². The molecule has 1 unspecified atom stereocenters. The lowest BCUT2D eigenvalue weighted by atomic mass is 10.0. The number of rotatable bonds is 6. The zero-order valence-electron chi connectivity index (χ0n) is 19.3. The minimum Gasteiger partial charge on any atom is -0.475 e. The van der Waals surface area contributed by atoms with Crippen molar-refractivity contribution in [2.45, 2.75) is 45.8 Å². The van der Waals surface area contributed by atoms with Crippen molar-refractivity contribution in [3.8, 4) is 5.88 Å². The summed E-state index contributed by atoms with van der Waals surface area (Å²) in [6.45, 7) is 13.3. The molecule has 1 aromatic carbocycles. The van der Waals surface area contributed by atoms with Crippen LogP contribution in [0.4, 0.5) is 4.79 Å². The third-order valence-corrected chi connectivity index (χ3v) is 5.07. The van der Waals surface area contributed by atoms with Crippen LogP contribution in [0.25, 0.3) is 10.8 Å². The fraction of sp³-hybridized carbons (Fsp3) is 0.583. The van der Waals surface area contributed by atoms with Gasteiger partial charge in [0.25, 0.3) is 0 Å². The van der Waals surface area contributed by atoms with Gasteiger partial charge in [0.15, 0.2) is 0 Å². The monoisotopic (exact) mass is 429 g/mol. The van der Waals surface area contributed by atoms with Crippen molar-refractivity contribution in [2.75, 3.05) is 39.5 Å². The van der Waals surface area contributed by atoms with E-state index in [-0.39, 0.29) is 17.6 Å². The van der Waals surface area contributed by atoms with E-state index in [9.17, 15) is 4.79 Å². The van der Waals surface area contributed by atoms with Crippen molar-refractivity contribution in [3.63, 3.8) is 0 Å². The average molecular weight is 430 g/mol. The highest BCUT2D eigenvalue weighted by molar-refractivity contribution is 5.86. The number of hydrogen-bond acceptors (Lipinski definition) is 6. The first kappa shape index (κ1) is 23.3. The van der Waals surface area contributed by atoms with Crippen LogP contribution in [0.3, 0.4) is 0 Å². The molecule has 170 valence electrons. The second-order valence-electron chi connectivity index (χ2n) is 9.76. The second kappa shape index (κ2) is 9.83.